The van der Waals surface area contributed by atoms with Gasteiger partial charge in [0.2, 0.25) is 0 Å². The van der Waals surface area contributed by atoms with E-state index in [0.717, 1.165) is 24.0 Å². The minimum Gasteiger partial charge on any atom is -0.466 e. The van der Waals surface area contributed by atoms with Crippen molar-refractivity contribution in [2.75, 3.05) is 0 Å². The Morgan fingerprint density at radius 2 is 2.00 bits per heavy atom. The number of allylic oxidation sites excluding steroid dienone is 3. The van der Waals surface area contributed by atoms with Gasteiger partial charge in [0.05, 0.1) is 4.90 Å². The second-order valence-electron chi connectivity index (χ2n) is 5.89. The normalized spacial score (nSPS) is 18.0. The van der Waals surface area contributed by atoms with Crippen molar-refractivity contribution in [2.45, 2.75) is 37.2 Å². The van der Waals surface area contributed by atoms with E-state index in [1.54, 1.807) is 12.1 Å². The number of hydrogen-bond acceptors (Lipinski definition) is 5. The van der Waals surface area contributed by atoms with Crippen LogP contribution in [0.3, 0.4) is 0 Å². The zero-order chi connectivity index (χ0) is 17.7. The van der Waals surface area contributed by atoms with Crippen LogP contribution in [0.5, 0.6) is 0 Å². The van der Waals surface area contributed by atoms with E-state index in [4.69, 9.17) is 13.7 Å². The topological polar surface area (TPSA) is 61.8 Å². The fraction of sp³-hybridized carbons (Fsp3) is 0.263. The van der Waals surface area contributed by atoms with Crippen molar-refractivity contribution in [3.63, 3.8) is 0 Å². The van der Waals surface area contributed by atoms with Gasteiger partial charge >= 0.3 is 0 Å². The molecule has 0 bridgehead atoms. The monoisotopic (exact) mass is 360 g/mol. The van der Waals surface area contributed by atoms with Crippen LogP contribution in [0.4, 0.5) is 0 Å². The van der Waals surface area contributed by atoms with Crippen LogP contribution in [0, 0.1) is 6.92 Å². The molecule has 1 aromatic rings. The summed E-state index contributed by atoms with van der Waals surface area (Å²) >= 11 is 0. The molecule has 1 heterocycles. The molecule has 1 aliphatic carbocycles. The molecular weight excluding hydrogens is 340 g/mol. The van der Waals surface area contributed by atoms with Crippen molar-refractivity contribution in [3.05, 3.63) is 78.2 Å². The Hall–Kier alpha value is -2.31. The number of hydrogen-bond donors (Lipinski definition) is 0. The lowest BCUT2D eigenvalue weighted by Crippen LogP contribution is -2.23. The molecule has 2 aliphatic rings. The molecule has 0 saturated heterocycles. The molecule has 3 rings (SSSR count). The van der Waals surface area contributed by atoms with Gasteiger partial charge in [-0.25, -0.2) is 0 Å². The largest absolute Gasteiger partial charge is 0.466 e. The molecular formula is C19H20O5S. The molecule has 1 atom stereocenters. The molecule has 0 saturated carbocycles. The van der Waals surface area contributed by atoms with Gasteiger partial charge in [0, 0.05) is 6.42 Å². The van der Waals surface area contributed by atoms with E-state index in [9.17, 15) is 8.42 Å². The van der Waals surface area contributed by atoms with Gasteiger partial charge in [-0.15, -0.1) is 0 Å². The lowest BCUT2D eigenvalue weighted by Gasteiger charge is -2.22. The third-order valence-electron chi connectivity index (χ3n) is 3.94. The first-order valence-corrected chi connectivity index (χ1v) is 9.47. The molecule has 0 radical (unpaired) electrons. The molecule has 25 heavy (non-hydrogen) atoms. The zero-order valence-electron chi connectivity index (χ0n) is 13.9. The third kappa shape index (κ3) is 4.61. The predicted octanol–water partition coefficient (Wildman–Crippen LogP) is 4.09. The Bertz CT molecular complexity index is 829. The second-order valence-corrected chi connectivity index (χ2v) is 7.47. The van der Waals surface area contributed by atoms with E-state index in [1.165, 1.54) is 30.9 Å². The summed E-state index contributed by atoms with van der Waals surface area (Å²) in [6.07, 6.45) is 11.6. The lowest BCUT2D eigenvalue weighted by atomic mass is 9.99. The Morgan fingerprint density at radius 3 is 2.64 bits per heavy atom. The highest BCUT2D eigenvalue weighted by Crippen LogP contribution is 2.27. The Kier molecular flexibility index (Phi) is 5.40. The van der Waals surface area contributed by atoms with E-state index in [1.807, 2.05) is 19.1 Å². The maximum absolute atomic E-state index is 12.6. The maximum atomic E-state index is 12.6. The van der Waals surface area contributed by atoms with Crippen molar-refractivity contribution < 1.29 is 22.1 Å². The molecule has 1 unspecified atom stereocenters. The summed E-state index contributed by atoms with van der Waals surface area (Å²) in [6, 6.07) is 6.55. The van der Waals surface area contributed by atoms with Crippen LogP contribution in [0.1, 0.15) is 24.8 Å². The molecule has 0 N–H and O–H groups in total. The van der Waals surface area contributed by atoms with Crippen LogP contribution >= 0.6 is 0 Å². The zero-order valence-corrected chi connectivity index (χ0v) is 14.7. The molecule has 1 aliphatic heterocycles. The predicted molar refractivity (Wildman–Crippen MR) is 93.7 cm³/mol. The molecule has 1 aromatic carbocycles. The molecule has 0 fully saturated rings. The van der Waals surface area contributed by atoms with Gasteiger partial charge in [-0.2, -0.15) is 8.42 Å². The van der Waals surface area contributed by atoms with Gasteiger partial charge < -0.3 is 9.47 Å². The Balaban J connectivity index is 1.83. The van der Waals surface area contributed by atoms with E-state index < -0.39 is 16.2 Å². The van der Waals surface area contributed by atoms with Crippen molar-refractivity contribution in [2.24, 2.45) is 0 Å². The standard InChI is InChI=1S/C19H20O5S/c1-15-7-9-17(10-8-15)25(20,21)24-18(19-14-22-11-12-23-19)13-16-5-3-2-4-6-16/h2-3,5,7-12,14,18H,4,6,13H2,1H3. The molecule has 0 aromatic heterocycles. The first-order valence-electron chi connectivity index (χ1n) is 8.06. The molecule has 5 nitrogen and oxygen atoms in total. The van der Waals surface area contributed by atoms with Gasteiger partial charge in [-0.3, -0.25) is 4.18 Å². The number of aryl methyl sites for hydroxylation is 1. The molecule has 0 spiro atoms. The van der Waals surface area contributed by atoms with Gasteiger partial charge in [-0.1, -0.05) is 41.5 Å². The fourth-order valence-electron chi connectivity index (χ4n) is 2.58. The van der Waals surface area contributed by atoms with Crippen molar-refractivity contribution >= 4 is 10.1 Å². The quantitative estimate of drug-likeness (QED) is 0.715. The molecule has 6 heteroatoms. The summed E-state index contributed by atoms with van der Waals surface area (Å²) < 4.78 is 41.3. The number of rotatable bonds is 6. The van der Waals surface area contributed by atoms with Gasteiger partial charge in [-0.05, 0) is 31.9 Å². The van der Waals surface area contributed by atoms with E-state index in [0.29, 0.717) is 12.2 Å². The number of benzene rings is 1. The average molecular weight is 360 g/mol. The van der Waals surface area contributed by atoms with Gasteiger partial charge in [0.1, 0.15) is 24.9 Å². The SMILES string of the molecule is Cc1ccc(S(=O)(=O)OC(CC2=CC=CCC2)C2=COC=CO2)cc1. The summed E-state index contributed by atoms with van der Waals surface area (Å²) in [5.41, 5.74) is 2.08. The van der Waals surface area contributed by atoms with Crippen molar-refractivity contribution in [1.29, 1.82) is 0 Å². The Morgan fingerprint density at radius 1 is 1.20 bits per heavy atom. The molecule has 132 valence electrons. The first-order chi connectivity index (χ1) is 12.0. The van der Waals surface area contributed by atoms with Crippen LogP contribution in [-0.2, 0) is 23.8 Å². The average Bonchev–Trinajstić information content (AvgIpc) is 2.63. The summed E-state index contributed by atoms with van der Waals surface area (Å²) in [5.74, 6) is 0.327. The van der Waals surface area contributed by atoms with Crippen molar-refractivity contribution in [3.8, 4) is 0 Å². The highest BCUT2D eigenvalue weighted by Gasteiger charge is 2.28. The van der Waals surface area contributed by atoms with Gasteiger partial charge in [0.25, 0.3) is 10.1 Å². The van der Waals surface area contributed by atoms with Gasteiger partial charge in [0.15, 0.2) is 5.76 Å². The van der Waals surface area contributed by atoms with Crippen LogP contribution in [0.25, 0.3) is 0 Å². The number of ether oxygens (including phenoxy) is 2. The Labute approximate surface area is 148 Å². The van der Waals surface area contributed by atoms with E-state index in [2.05, 4.69) is 6.08 Å². The smallest absolute Gasteiger partial charge is 0.297 e. The summed E-state index contributed by atoms with van der Waals surface area (Å²) in [6.45, 7) is 1.90. The molecule has 0 amide bonds. The maximum Gasteiger partial charge on any atom is 0.297 e. The van der Waals surface area contributed by atoms with E-state index >= 15 is 0 Å². The summed E-state index contributed by atoms with van der Waals surface area (Å²) in [7, 11) is -3.92. The van der Waals surface area contributed by atoms with Crippen molar-refractivity contribution in [1.82, 2.24) is 0 Å². The summed E-state index contributed by atoms with van der Waals surface area (Å²) in [4.78, 5) is 0.119. The second kappa shape index (κ2) is 7.72. The highest BCUT2D eigenvalue weighted by molar-refractivity contribution is 7.86. The van der Waals surface area contributed by atoms with Crippen LogP contribution in [0.2, 0.25) is 0 Å². The summed E-state index contributed by atoms with van der Waals surface area (Å²) in [5, 5.41) is 0. The third-order valence-corrected chi connectivity index (χ3v) is 5.28. The minimum atomic E-state index is -3.92. The fourth-order valence-corrected chi connectivity index (χ4v) is 3.63. The van der Waals surface area contributed by atoms with Crippen LogP contribution in [-0.4, -0.2) is 14.5 Å². The van der Waals surface area contributed by atoms with Crippen LogP contribution in [0.15, 0.2) is 77.5 Å². The van der Waals surface area contributed by atoms with E-state index in [-0.39, 0.29) is 4.90 Å². The first kappa shape index (κ1) is 17.5. The lowest BCUT2D eigenvalue weighted by molar-refractivity contribution is 0.144. The highest BCUT2D eigenvalue weighted by atomic mass is 32.2. The van der Waals surface area contributed by atoms with Crippen LogP contribution < -0.4 is 0 Å². The minimum absolute atomic E-state index is 0.119.